The van der Waals surface area contributed by atoms with Crippen LogP contribution in [-0.4, -0.2) is 33.4 Å². The van der Waals surface area contributed by atoms with E-state index in [1.807, 2.05) is 50.2 Å². The molecule has 0 aliphatic carbocycles. The van der Waals surface area contributed by atoms with Crippen LogP contribution < -0.4 is 9.80 Å². The van der Waals surface area contributed by atoms with Crippen molar-refractivity contribution >= 4 is 11.4 Å². The number of rotatable bonds is 11. The molecule has 0 spiro atoms. The lowest BCUT2D eigenvalue weighted by atomic mass is 10.2. The first-order valence-corrected chi connectivity index (χ1v) is 11.0. The van der Waals surface area contributed by atoms with E-state index in [9.17, 15) is 0 Å². The third-order valence-electron chi connectivity index (χ3n) is 5.19. The van der Waals surface area contributed by atoms with Crippen molar-refractivity contribution in [1.82, 2.24) is 20.3 Å². The highest BCUT2D eigenvalue weighted by Gasteiger charge is 2.17. The Morgan fingerprint density at radius 2 is 1.03 bits per heavy atom. The van der Waals surface area contributed by atoms with Gasteiger partial charge in [-0.05, 0) is 24.3 Å². The van der Waals surface area contributed by atoms with Crippen molar-refractivity contribution in [3.63, 3.8) is 0 Å². The summed E-state index contributed by atoms with van der Waals surface area (Å²) in [4.78, 5) is 13.5. The van der Waals surface area contributed by atoms with Crippen molar-refractivity contribution in [2.24, 2.45) is 0 Å². The van der Waals surface area contributed by atoms with Gasteiger partial charge in [0.15, 0.2) is 11.6 Å². The van der Waals surface area contributed by atoms with Crippen molar-refractivity contribution in [1.29, 1.82) is 0 Å². The molecule has 0 unspecified atom stereocenters. The lowest BCUT2D eigenvalue weighted by Gasteiger charge is -2.29. The first-order chi connectivity index (χ1) is 15.7. The summed E-state index contributed by atoms with van der Waals surface area (Å²) < 4.78 is 10.9. The molecule has 0 aliphatic heterocycles. The van der Waals surface area contributed by atoms with Gasteiger partial charge >= 0.3 is 0 Å². The van der Waals surface area contributed by atoms with Crippen LogP contribution in [0.1, 0.15) is 37.3 Å². The molecule has 2 heterocycles. The van der Waals surface area contributed by atoms with Crippen molar-refractivity contribution in [3.8, 4) is 0 Å². The fraction of sp³-hybridized carbons (Fsp3) is 0.333. The van der Waals surface area contributed by atoms with E-state index >= 15 is 0 Å². The zero-order valence-corrected chi connectivity index (χ0v) is 18.5. The molecule has 0 saturated heterocycles. The Kier molecular flexibility index (Phi) is 7.12. The lowest BCUT2D eigenvalue weighted by molar-refractivity contribution is 0.368. The van der Waals surface area contributed by atoms with Crippen molar-refractivity contribution in [2.45, 2.75) is 39.8 Å². The number of anilines is 2. The molecule has 0 aliphatic rings. The molecule has 8 heteroatoms. The number of aryl methyl sites for hydroxylation is 2. The summed E-state index contributed by atoms with van der Waals surface area (Å²) in [5.74, 6) is 2.67. The maximum absolute atomic E-state index is 5.46. The largest absolute Gasteiger partial charge is 0.360 e. The third-order valence-corrected chi connectivity index (χ3v) is 5.19. The molecule has 0 saturated carbocycles. The number of hydrogen-bond donors (Lipinski definition) is 0. The highest BCUT2D eigenvalue weighted by molar-refractivity contribution is 5.48. The van der Waals surface area contributed by atoms with Gasteiger partial charge in [0.05, 0.1) is 13.1 Å². The first-order valence-electron chi connectivity index (χ1n) is 11.0. The minimum Gasteiger partial charge on any atom is -0.360 e. The Labute approximate surface area is 187 Å². The molecule has 4 rings (SSSR count). The second kappa shape index (κ2) is 10.6. The topological polar surface area (TPSA) is 84.3 Å². The Morgan fingerprint density at radius 3 is 1.38 bits per heavy atom. The van der Waals surface area contributed by atoms with Crippen molar-refractivity contribution in [3.05, 3.63) is 84.1 Å². The van der Waals surface area contributed by atoms with Gasteiger partial charge in [-0.25, -0.2) is 0 Å². The van der Waals surface area contributed by atoms with Crippen LogP contribution in [-0.2, 0) is 25.9 Å². The number of para-hydroxylation sites is 2. The average Bonchev–Trinajstić information content (AvgIpc) is 3.51. The summed E-state index contributed by atoms with van der Waals surface area (Å²) in [7, 11) is 0. The van der Waals surface area contributed by atoms with Crippen LogP contribution >= 0.6 is 0 Å². The van der Waals surface area contributed by atoms with E-state index in [1.165, 1.54) is 0 Å². The van der Waals surface area contributed by atoms with E-state index in [0.717, 1.165) is 49.0 Å². The molecule has 2 aromatic heterocycles. The van der Waals surface area contributed by atoms with E-state index in [4.69, 9.17) is 9.05 Å². The number of aromatic nitrogens is 4. The fourth-order valence-corrected chi connectivity index (χ4v) is 3.44. The Balaban J connectivity index is 1.53. The highest BCUT2D eigenvalue weighted by Crippen LogP contribution is 2.20. The van der Waals surface area contributed by atoms with Crippen LogP contribution in [0, 0.1) is 0 Å². The summed E-state index contributed by atoms with van der Waals surface area (Å²) in [6, 6.07) is 20.5. The van der Waals surface area contributed by atoms with Gasteiger partial charge < -0.3 is 18.8 Å². The van der Waals surface area contributed by atoms with Gasteiger partial charge in [0.1, 0.15) is 0 Å². The smallest absolute Gasteiger partial charge is 0.246 e. The molecule has 0 bridgehead atoms. The summed E-state index contributed by atoms with van der Waals surface area (Å²) in [6.45, 7) is 6.61. The minimum atomic E-state index is 0.542. The van der Waals surface area contributed by atoms with Gasteiger partial charge in [-0.1, -0.05) is 60.6 Å². The van der Waals surface area contributed by atoms with Crippen LogP contribution in [0.25, 0.3) is 0 Å². The third kappa shape index (κ3) is 5.51. The molecule has 0 radical (unpaired) electrons. The minimum absolute atomic E-state index is 0.542. The summed E-state index contributed by atoms with van der Waals surface area (Å²) in [5, 5.41) is 8.08. The molecular weight excluding hydrogens is 404 g/mol. The molecule has 166 valence electrons. The second-order valence-corrected chi connectivity index (χ2v) is 7.43. The predicted molar refractivity (Wildman–Crippen MR) is 122 cm³/mol. The Hall–Kier alpha value is -3.68. The van der Waals surface area contributed by atoms with Gasteiger partial charge in [-0.2, -0.15) is 9.97 Å². The van der Waals surface area contributed by atoms with E-state index < -0.39 is 0 Å². The van der Waals surface area contributed by atoms with Crippen LogP contribution in [0.5, 0.6) is 0 Å². The monoisotopic (exact) mass is 432 g/mol. The van der Waals surface area contributed by atoms with E-state index in [-0.39, 0.29) is 0 Å². The van der Waals surface area contributed by atoms with Gasteiger partial charge in [-0.15, -0.1) is 0 Å². The predicted octanol–water partition coefficient (Wildman–Crippen LogP) is 4.29. The highest BCUT2D eigenvalue weighted by atomic mass is 16.5. The lowest BCUT2D eigenvalue weighted by Crippen LogP contribution is -2.35. The Bertz CT molecular complexity index is 992. The number of hydrogen-bond acceptors (Lipinski definition) is 8. The van der Waals surface area contributed by atoms with E-state index in [2.05, 4.69) is 54.3 Å². The molecule has 0 atom stereocenters. The molecule has 0 fully saturated rings. The Morgan fingerprint density at radius 1 is 0.625 bits per heavy atom. The number of benzene rings is 2. The first kappa shape index (κ1) is 21.5. The average molecular weight is 433 g/mol. The zero-order valence-electron chi connectivity index (χ0n) is 18.5. The molecule has 32 heavy (non-hydrogen) atoms. The summed E-state index contributed by atoms with van der Waals surface area (Å²) in [6.07, 6.45) is 1.50. The van der Waals surface area contributed by atoms with Crippen molar-refractivity contribution in [2.75, 3.05) is 22.9 Å². The van der Waals surface area contributed by atoms with Crippen LogP contribution in [0.3, 0.4) is 0 Å². The van der Waals surface area contributed by atoms with Gasteiger partial charge in [-0.3, -0.25) is 0 Å². The maximum atomic E-state index is 5.46. The molecule has 4 aromatic rings. The molecule has 0 N–H and O–H groups in total. The molecule has 2 aromatic carbocycles. The molecule has 0 amide bonds. The van der Waals surface area contributed by atoms with Crippen LogP contribution in [0.2, 0.25) is 0 Å². The number of nitrogens with zero attached hydrogens (tertiary/aromatic N) is 6. The molecule has 8 nitrogen and oxygen atoms in total. The zero-order chi connectivity index (χ0) is 22.2. The summed E-state index contributed by atoms with van der Waals surface area (Å²) in [5.41, 5.74) is 2.20. The van der Waals surface area contributed by atoms with E-state index in [0.29, 0.717) is 24.9 Å². The quantitative estimate of drug-likeness (QED) is 0.347. The standard InChI is InChI=1S/C24H28N6O2/c1-3-21-25-23(31-27-21)17-29(19-11-7-5-8-12-19)15-16-30(20-13-9-6-10-14-20)18-24-26-22(4-2)28-32-24/h5-14H,3-4,15-18H2,1-2H3. The van der Waals surface area contributed by atoms with Crippen LogP contribution in [0.15, 0.2) is 69.7 Å². The fourth-order valence-electron chi connectivity index (χ4n) is 3.44. The van der Waals surface area contributed by atoms with Gasteiger partial charge in [0.25, 0.3) is 0 Å². The van der Waals surface area contributed by atoms with Crippen LogP contribution in [0.4, 0.5) is 11.4 Å². The van der Waals surface area contributed by atoms with Gasteiger partial charge in [0, 0.05) is 37.3 Å². The maximum Gasteiger partial charge on any atom is 0.246 e. The van der Waals surface area contributed by atoms with E-state index in [1.54, 1.807) is 0 Å². The normalized spacial score (nSPS) is 10.9. The summed E-state index contributed by atoms with van der Waals surface area (Å²) >= 11 is 0. The van der Waals surface area contributed by atoms with Crippen molar-refractivity contribution < 1.29 is 9.05 Å². The SMILES string of the molecule is CCc1noc(CN(CCN(Cc2nc(CC)no2)c2ccccc2)c2ccccc2)n1. The van der Waals surface area contributed by atoms with Gasteiger partial charge in [0.2, 0.25) is 11.8 Å². The second-order valence-electron chi connectivity index (χ2n) is 7.43. The molecular formula is C24H28N6O2.